The maximum Gasteiger partial charge on any atom is 0.401 e. The summed E-state index contributed by atoms with van der Waals surface area (Å²) in [6.45, 7) is 2.84. The van der Waals surface area contributed by atoms with Gasteiger partial charge in [0.05, 0.1) is 6.54 Å². The molecule has 0 unspecified atom stereocenters. The summed E-state index contributed by atoms with van der Waals surface area (Å²) in [6, 6.07) is 6.77. The second-order valence-corrected chi connectivity index (χ2v) is 4.36. The number of halogens is 3. The molecule has 0 saturated carbocycles. The van der Waals surface area contributed by atoms with Gasteiger partial charge in [-0.1, -0.05) is 12.1 Å². The molecule has 0 saturated heterocycles. The molecule has 0 aliphatic rings. The zero-order valence-electron chi connectivity index (χ0n) is 9.96. The van der Waals surface area contributed by atoms with E-state index < -0.39 is 12.7 Å². The van der Waals surface area contributed by atoms with Crippen molar-refractivity contribution < 1.29 is 13.2 Å². The van der Waals surface area contributed by atoms with Crippen LogP contribution in [0.3, 0.4) is 0 Å². The highest BCUT2D eigenvalue weighted by atomic mass is 19.4. The first-order valence-corrected chi connectivity index (χ1v) is 5.43. The molecule has 0 spiro atoms. The molecule has 0 heterocycles. The molecule has 96 valence electrons. The number of anilines is 1. The summed E-state index contributed by atoms with van der Waals surface area (Å²) in [5, 5.41) is 0. The van der Waals surface area contributed by atoms with Crippen LogP contribution in [0.15, 0.2) is 24.3 Å². The van der Waals surface area contributed by atoms with Gasteiger partial charge < -0.3 is 5.73 Å². The summed E-state index contributed by atoms with van der Waals surface area (Å²) in [7, 11) is 0. The molecule has 2 N–H and O–H groups in total. The Hall–Kier alpha value is -1.23. The number of alkyl halides is 3. The highest BCUT2D eigenvalue weighted by molar-refractivity contribution is 5.40. The lowest BCUT2D eigenvalue weighted by atomic mass is 10.1. The molecule has 1 rings (SSSR count). The Bertz CT molecular complexity index is 361. The molecule has 0 aliphatic heterocycles. The number of hydrogen-bond acceptors (Lipinski definition) is 2. The van der Waals surface area contributed by atoms with Gasteiger partial charge in [-0.25, -0.2) is 0 Å². The average molecular weight is 246 g/mol. The lowest BCUT2D eigenvalue weighted by Crippen LogP contribution is -2.38. The van der Waals surface area contributed by atoms with E-state index in [1.54, 1.807) is 38.1 Å². The van der Waals surface area contributed by atoms with Crippen molar-refractivity contribution >= 4 is 5.69 Å². The van der Waals surface area contributed by atoms with Crippen LogP contribution in [-0.4, -0.2) is 23.7 Å². The van der Waals surface area contributed by atoms with E-state index in [0.717, 1.165) is 5.56 Å². The molecule has 0 atom stereocenters. The molecule has 1 aromatic rings. The quantitative estimate of drug-likeness (QED) is 0.827. The fraction of sp³-hybridized carbons (Fsp3) is 0.500. The second kappa shape index (κ2) is 5.40. The molecule has 0 bridgehead atoms. The van der Waals surface area contributed by atoms with Gasteiger partial charge in [0.1, 0.15) is 0 Å². The van der Waals surface area contributed by atoms with Gasteiger partial charge in [0.15, 0.2) is 0 Å². The van der Waals surface area contributed by atoms with Crippen LogP contribution in [-0.2, 0) is 6.54 Å². The van der Waals surface area contributed by atoms with Crippen molar-refractivity contribution in [2.24, 2.45) is 0 Å². The zero-order valence-corrected chi connectivity index (χ0v) is 9.96. The maximum atomic E-state index is 12.4. The third-order valence-corrected chi connectivity index (χ3v) is 2.45. The van der Waals surface area contributed by atoms with Gasteiger partial charge in [-0.15, -0.1) is 0 Å². The van der Waals surface area contributed by atoms with Gasteiger partial charge in [0.2, 0.25) is 0 Å². The number of nitrogens with two attached hydrogens (primary N) is 1. The maximum absolute atomic E-state index is 12.4. The first-order valence-electron chi connectivity index (χ1n) is 5.43. The standard InChI is InChI=1S/C12H17F3N2/c1-9(2)17(8-12(13,14)15)7-10-4-3-5-11(16)6-10/h3-6,9H,7-8,16H2,1-2H3. The molecule has 0 aliphatic carbocycles. The summed E-state index contributed by atoms with van der Waals surface area (Å²) in [5.74, 6) is 0. The third-order valence-electron chi connectivity index (χ3n) is 2.45. The molecule has 0 amide bonds. The zero-order chi connectivity index (χ0) is 13.1. The summed E-state index contributed by atoms with van der Waals surface area (Å²) in [6.07, 6.45) is -4.18. The Morgan fingerprint density at radius 2 is 1.94 bits per heavy atom. The van der Waals surface area contributed by atoms with Gasteiger partial charge in [0.25, 0.3) is 0 Å². The van der Waals surface area contributed by atoms with Crippen LogP contribution < -0.4 is 5.73 Å². The van der Waals surface area contributed by atoms with Crippen LogP contribution in [0, 0.1) is 0 Å². The van der Waals surface area contributed by atoms with Crippen LogP contribution in [0.25, 0.3) is 0 Å². The van der Waals surface area contributed by atoms with Crippen LogP contribution in [0.5, 0.6) is 0 Å². The largest absolute Gasteiger partial charge is 0.401 e. The van der Waals surface area contributed by atoms with Crippen molar-refractivity contribution in [2.45, 2.75) is 32.6 Å². The summed E-state index contributed by atoms with van der Waals surface area (Å²) >= 11 is 0. The van der Waals surface area contributed by atoms with Gasteiger partial charge in [-0.2, -0.15) is 13.2 Å². The summed E-state index contributed by atoms with van der Waals surface area (Å²) in [5.41, 5.74) is 6.96. The van der Waals surface area contributed by atoms with E-state index in [-0.39, 0.29) is 12.6 Å². The molecule has 0 aromatic heterocycles. The van der Waals surface area contributed by atoms with Gasteiger partial charge in [0, 0.05) is 18.3 Å². The van der Waals surface area contributed by atoms with Crippen molar-refractivity contribution in [2.75, 3.05) is 12.3 Å². The van der Waals surface area contributed by atoms with Gasteiger partial charge in [-0.3, -0.25) is 4.90 Å². The first kappa shape index (κ1) is 13.8. The molecular formula is C12H17F3N2. The van der Waals surface area contributed by atoms with Crippen LogP contribution in [0.4, 0.5) is 18.9 Å². The minimum Gasteiger partial charge on any atom is -0.399 e. The molecule has 0 fully saturated rings. The van der Waals surface area contributed by atoms with Crippen molar-refractivity contribution in [1.29, 1.82) is 0 Å². The Kier molecular flexibility index (Phi) is 4.40. The Morgan fingerprint density at radius 3 is 2.41 bits per heavy atom. The first-order chi connectivity index (χ1) is 7.78. The number of rotatable bonds is 4. The normalized spacial score (nSPS) is 12.4. The van der Waals surface area contributed by atoms with E-state index in [2.05, 4.69) is 0 Å². The number of benzene rings is 1. The molecule has 5 heteroatoms. The third kappa shape index (κ3) is 5.08. The van der Waals surface area contributed by atoms with E-state index in [9.17, 15) is 13.2 Å². The topological polar surface area (TPSA) is 29.3 Å². The Labute approximate surface area is 99.2 Å². The summed E-state index contributed by atoms with van der Waals surface area (Å²) in [4.78, 5) is 1.37. The predicted molar refractivity (Wildman–Crippen MR) is 62.5 cm³/mol. The van der Waals surface area contributed by atoms with Crippen molar-refractivity contribution in [3.8, 4) is 0 Å². The Morgan fingerprint density at radius 1 is 1.29 bits per heavy atom. The average Bonchev–Trinajstić information content (AvgIpc) is 2.14. The fourth-order valence-electron chi connectivity index (χ4n) is 1.58. The van der Waals surface area contributed by atoms with Crippen LogP contribution >= 0.6 is 0 Å². The Balaban J connectivity index is 2.74. The lowest BCUT2D eigenvalue weighted by molar-refractivity contribution is -0.150. The minimum absolute atomic E-state index is 0.168. The number of hydrogen-bond donors (Lipinski definition) is 1. The van der Waals surface area contributed by atoms with E-state index in [0.29, 0.717) is 5.69 Å². The predicted octanol–water partition coefficient (Wildman–Crippen LogP) is 3.04. The fourth-order valence-corrected chi connectivity index (χ4v) is 1.58. The van der Waals surface area contributed by atoms with Gasteiger partial charge in [-0.05, 0) is 31.5 Å². The number of nitrogen functional groups attached to an aromatic ring is 1. The van der Waals surface area contributed by atoms with Crippen LogP contribution in [0.2, 0.25) is 0 Å². The highest BCUT2D eigenvalue weighted by Gasteiger charge is 2.31. The van der Waals surface area contributed by atoms with Gasteiger partial charge >= 0.3 is 6.18 Å². The van der Waals surface area contributed by atoms with Crippen molar-refractivity contribution in [3.05, 3.63) is 29.8 Å². The summed E-state index contributed by atoms with van der Waals surface area (Å²) < 4.78 is 37.1. The molecule has 2 nitrogen and oxygen atoms in total. The molecular weight excluding hydrogens is 229 g/mol. The minimum atomic E-state index is -4.18. The van der Waals surface area contributed by atoms with E-state index in [1.807, 2.05) is 0 Å². The SMILES string of the molecule is CC(C)N(Cc1cccc(N)c1)CC(F)(F)F. The molecule has 1 aromatic carbocycles. The molecule has 17 heavy (non-hydrogen) atoms. The van der Waals surface area contributed by atoms with Crippen molar-refractivity contribution in [3.63, 3.8) is 0 Å². The lowest BCUT2D eigenvalue weighted by Gasteiger charge is -2.27. The van der Waals surface area contributed by atoms with Crippen LogP contribution in [0.1, 0.15) is 19.4 Å². The van der Waals surface area contributed by atoms with E-state index in [1.165, 1.54) is 4.90 Å². The smallest absolute Gasteiger partial charge is 0.399 e. The molecule has 0 radical (unpaired) electrons. The second-order valence-electron chi connectivity index (χ2n) is 4.36. The van der Waals surface area contributed by atoms with Crippen molar-refractivity contribution in [1.82, 2.24) is 4.90 Å². The monoisotopic (exact) mass is 246 g/mol. The number of nitrogens with zero attached hydrogens (tertiary/aromatic N) is 1. The van der Waals surface area contributed by atoms with E-state index in [4.69, 9.17) is 5.73 Å². The van der Waals surface area contributed by atoms with E-state index >= 15 is 0 Å². The highest BCUT2D eigenvalue weighted by Crippen LogP contribution is 2.20.